The van der Waals surface area contributed by atoms with Crippen molar-refractivity contribution in [3.63, 3.8) is 0 Å². The van der Waals surface area contributed by atoms with Crippen LogP contribution in [0.4, 0.5) is 0 Å². The van der Waals surface area contributed by atoms with Gasteiger partial charge in [0.2, 0.25) is 5.91 Å². The van der Waals surface area contributed by atoms with Crippen molar-refractivity contribution in [3.05, 3.63) is 83.9 Å². The Kier molecular flexibility index (Phi) is 3.12. The fourth-order valence-corrected chi connectivity index (χ4v) is 3.13. The van der Waals surface area contributed by atoms with Crippen molar-refractivity contribution < 1.29 is 4.79 Å². The predicted octanol–water partition coefficient (Wildman–Crippen LogP) is 3.94. The Bertz CT molecular complexity index is 960. The van der Waals surface area contributed by atoms with E-state index in [1.807, 2.05) is 12.1 Å². The molecule has 3 nitrogen and oxygen atoms in total. The van der Waals surface area contributed by atoms with Crippen molar-refractivity contribution in [2.24, 2.45) is 5.73 Å². The molecule has 3 aromatic carbocycles. The molecule has 0 atom stereocenters. The van der Waals surface area contributed by atoms with Crippen LogP contribution in [0.5, 0.6) is 0 Å². The van der Waals surface area contributed by atoms with Gasteiger partial charge in [-0.3, -0.25) is 4.79 Å². The fraction of sp³-hybridized carbons (Fsp3) is 0.0500. The molecule has 112 valence electrons. The van der Waals surface area contributed by atoms with Gasteiger partial charge in [-0.15, -0.1) is 0 Å². The summed E-state index contributed by atoms with van der Waals surface area (Å²) in [6.45, 7) is 0.757. The van der Waals surface area contributed by atoms with E-state index in [0.717, 1.165) is 12.1 Å². The van der Waals surface area contributed by atoms with Crippen molar-refractivity contribution in [3.8, 4) is 0 Å². The zero-order valence-corrected chi connectivity index (χ0v) is 12.6. The molecule has 0 fully saturated rings. The summed E-state index contributed by atoms with van der Waals surface area (Å²) in [5, 5.41) is 2.52. The van der Waals surface area contributed by atoms with Gasteiger partial charge in [-0.2, -0.15) is 0 Å². The molecule has 4 rings (SSSR count). The molecule has 3 heteroatoms. The van der Waals surface area contributed by atoms with Crippen molar-refractivity contribution in [2.75, 3.05) is 0 Å². The summed E-state index contributed by atoms with van der Waals surface area (Å²) < 4.78 is 2.31. The lowest BCUT2D eigenvalue weighted by molar-refractivity contribution is 0.100. The number of fused-ring (bicyclic) bond motifs is 3. The van der Waals surface area contributed by atoms with Crippen LogP contribution >= 0.6 is 0 Å². The molecular formula is C20H16N2O. The highest BCUT2D eigenvalue weighted by Crippen LogP contribution is 2.29. The number of benzene rings is 3. The van der Waals surface area contributed by atoms with Crippen LogP contribution in [0.1, 0.15) is 15.9 Å². The Hall–Kier alpha value is -3.07. The number of nitrogens with two attached hydrogens (primary N) is 1. The highest BCUT2D eigenvalue weighted by Gasteiger charge is 2.10. The topological polar surface area (TPSA) is 48.0 Å². The summed E-state index contributed by atoms with van der Waals surface area (Å²) in [5.74, 6) is -0.395. The second-order valence-corrected chi connectivity index (χ2v) is 5.68. The Morgan fingerprint density at radius 3 is 1.83 bits per heavy atom. The molecule has 0 unspecified atom stereocenters. The van der Waals surface area contributed by atoms with E-state index < -0.39 is 5.91 Å². The summed E-state index contributed by atoms with van der Waals surface area (Å²) in [4.78, 5) is 11.2. The van der Waals surface area contributed by atoms with E-state index in [2.05, 4.69) is 53.1 Å². The molecule has 0 bridgehead atoms. The van der Waals surface area contributed by atoms with Crippen molar-refractivity contribution in [1.82, 2.24) is 4.57 Å². The average molecular weight is 300 g/mol. The van der Waals surface area contributed by atoms with Crippen LogP contribution in [-0.2, 0) is 6.54 Å². The number of hydrogen-bond acceptors (Lipinski definition) is 1. The van der Waals surface area contributed by atoms with Crippen LogP contribution in [-0.4, -0.2) is 10.5 Å². The first kappa shape index (κ1) is 13.6. The van der Waals surface area contributed by atoms with Gasteiger partial charge in [0.15, 0.2) is 0 Å². The molecule has 1 amide bonds. The first-order valence-corrected chi connectivity index (χ1v) is 7.59. The molecule has 0 radical (unpaired) electrons. The second-order valence-electron chi connectivity index (χ2n) is 5.68. The minimum atomic E-state index is -0.395. The molecule has 0 aliphatic heterocycles. The fourth-order valence-electron chi connectivity index (χ4n) is 3.13. The molecule has 0 spiro atoms. The van der Waals surface area contributed by atoms with E-state index >= 15 is 0 Å². The summed E-state index contributed by atoms with van der Waals surface area (Å²) in [6, 6.07) is 24.4. The van der Waals surface area contributed by atoms with Crippen LogP contribution in [0.15, 0.2) is 72.8 Å². The Morgan fingerprint density at radius 1 is 0.783 bits per heavy atom. The Labute approximate surface area is 134 Å². The minimum absolute atomic E-state index is 0.395. The third-order valence-corrected chi connectivity index (χ3v) is 4.26. The molecule has 2 N–H and O–H groups in total. The summed E-state index contributed by atoms with van der Waals surface area (Å²) in [6.07, 6.45) is 0. The van der Waals surface area contributed by atoms with Crippen molar-refractivity contribution in [2.45, 2.75) is 6.54 Å². The first-order valence-electron chi connectivity index (χ1n) is 7.59. The van der Waals surface area contributed by atoms with E-state index in [1.165, 1.54) is 21.8 Å². The first-order chi connectivity index (χ1) is 11.2. The van der Waals surface area contributed by atoms with Gasteiger partial charge < -0.3 is 10.3 Å². The van der Waals surface area contributed by atoms with Gasteiger partial charge >= 0.3 is 0 Å². The number of primary amides is 1. The highest BCUT2D eigenvalue weighted by molar-refractivity contribution is 6.08. The number of rotatable bonds is 3. The standard InChI is InChI=1S/C20H16N2O/c21-20(23)15-11-9-14(10-12-15)13-22-18-7-3-1-5-16(18)17-6-2-4-8-19(17)22/h1-12H,13H2,(H2,21,23). The molecule has 1 heterocycles. The molecule has 4 aromatic rings. The number of aromatic nitrogens is 1. The quantitative estimate of drug-likeness (QED) is 0.612. The maximum Gasteiger partial charge on any atom is 0.248 e. The van der Waals surface area contributed by atoms with E-state index in [9.17, 15) is 4.79 Å². The Morgan fingerprint density at radius 2 is 1.30 bits per heavy atom. The second kappa shape index (κ2) is 5.29. The number of hydrogen-bond donors (Lipinski definition) is 1. The van der Waals surface area contributed by atoms with Gasteiger partial charge in [0.1, 0.15) is 0 Å². The van der Waals surface area contributed by atoms with Crippen LogP contribution < -0.4 is 5.73 Å². The molecular weight excluding hydrogens is 284 g/mol. The van der Waals surface area contributed by atoms with Crippen LogP contribution in [0.25, 0.3) is 21.8 Å². The van der Waals surface area contributed by atoms with Gasteiger partial charge in [0.25, 0.3) is 0 Å². The van der Waals surface area contributed by atoms with Crippen LogP contribution in [0, 0.1) is 0 Å². The van der Waals surface area contributed by atoms with Gasteiger partial charge in [0.05, 0.1) is 0 Å². The van der Waals surface area contributed by atoms with Crippen molar-refractivity contribution >= 4 is 27.7 Å². The third kappa shape index (κ3) is 2.27. The largest absolute Gasteiger partial charge is 0.366 e. The van der Waals surface area contributed by atoms with Gasteiger partial charge in [0, 0.05) is 33.9 Å². The van der Waals surface area contributed by atoms with Crippen LogP contribution in [0.3, 0.4) is 0 Å². The molecule has 0 aliphatic carbocycles. The highest BCUT2D eigenvalue weighted by atomic mass is 16.1. The monoisotopic (exact) mass is 300 g/mol. The summed E-state index contributed by atoms with van der Waals surface area (Å²) in [7, 11) is 0. The van der Waals surface area contributed by atoms with E-state index in [1.54, 1.807) is 12.1 Å². The molecule has 23 heavy (non-hydrogen) atoms. The number of para-hydroxylation sites is 2. The average Bonchev–Trinajstić information content (AvgIpc) is 2.90. The maximum absolute atomic E-state index is 11.2. The van der Waals surface area contributed by atoms with E-state index in [0.29, 0.717) is 5.56 Å². The zero-order chi connectivity index (χ0) is 15.8. The molecule has 0 saturated heterocycles. The van der Waals surface area contributed by atoms with Gasteiger partial charge in [-0.05, 0) is 29.8 Å². The maximum atomic E-state index is 11.2. The van der Waals surface area contributed by atoms with Crippen molar-refractivity contribution in [1.29, 1.82) is 0 Å². The van der Waals surface area contributed by atoms with Gasteiger partial charge in [-0.1, -0.05) is 48.5 Å². The molecule has 0 saturated carbocycles. The lowest BCUT2D eigenvalue weighted by Crippen LogP contribution is -2.10. The van der Waals surface area contributed by atoms with Gasteiger partial charge in [-0.25, -0.2) is 0 Å². The normalized spacial score (nSPS) is 11.1. The number of amides is 1. The van der Waals surface area contributed by atoms with Crippen LogP contribution in [0.2, 0.25) is 0 Å². The smallest absolute Gasteiger partial charge is 0.248 e. The predicted molar refractivity (Wildman–Crippen MR) is 93.5 cm³/mol. The van der Waals surface area contributed by atoms with E-state index in [4.69, 9.17) is 5.73 Å². The number of nitrogens with zero attached hydrogens (tertiary/aromatic N) is 1. The minimum Gasteiger partial charge on any atom is -0.366 e. The third-order valence-electron chi connectivity index (χ3n) is 4.26. The lowest BCUT2D eigenvalue weighted by atomic mass is 10.1. The summed E-state index contributed by atoms with van der Waals surface area (Å²) in [5.41, 5.74) is 9.41. The SMILES string of the molecule is NC(=O)c1ccc(Cn2c3ccccc3c3ccccc32)cc1. The number of carbonyl (C=O) groups is 1. The zero-order valence-electron chi connectivity index (χ0n) is 12.6. The number of carbonyl (C=O) groups excluding carboxylic acids is 1. The summed E-state index contributed by atoms with van der Waals surface area (Å²) >= 11 is 0. The molecule has 0 aliphatic rings. The van der Waals surface area contributed by atoms with E-state index in [-0.39, 0.29) is 0 Å². The lowest BCUT2D eigenvalue weighted by Gasteiger charge is -2.08. The Balaban J connectivity index is 1.85. The molecule has 1 aromatic heterocycles.